The first-order chi connectivity index (χ1) is 12.2. The van der Waals surface area contributed by atoms with Crippen LogP contribution in [0, 0.1) is 0 Å². The Labute approximate surface area is 151 Å². The summed E-state index contributed by atoms with van der Waals surface area (Å²) in [4.78, 5) is 23.1. The Balaban J connectivity index is 2.24. The van der Waals surface area contributed by atoms with Gasteiger partial charge in [-0.1, -0.05) is 17.7 Å². The van der Waals surface area contributed by atoms with Gasteiger partial charge in [0.1, 0.15) is 0 Å². The Morgan fingerprint density at radius 2 is 2.08 bits per heavy atom. The van der Waals surface area contributed by atoms with Gasteiger partial charge in [-0.25, -0.2) is 4.68 Å². The molecule has 1 amide bonds. The van der Waals surface area contributed by atoms with E-state index in [9.17, 15) is 22.8 Å². The van der Waals surface area contributed by atoms with Crippen LogP contribution < -0.4 is 5.32 Å². The van der Waals surface area contributed by atoms with E-state index in [1.165, 1.54) is 31.4 Å². The Bertz CT molecular complexity index is 806. The highest BCUT2D eigenvalue weighted by molar-refractivity contribution is 6.30. The fourth-order valence-corrected chi connectivity index (χ4v) is 2.41. The normalized spacial score (nSPS) is 11.3. The number of alkyl halides is 3. The first-order valence-electron chi connectivity index (χ1n) is 7.50. The quantitative estimate of drug-likeness (QED) is 0.608. The molecule has 0 fully saturated rings. The van der Waals surface area contributed by atoms with Crippen molar-refractivity contribution in [3.8, 4) is 5.69 Å². The van der Waals surface area contributed by atoms with Crippen molar-refractivity contribution in [2.75, 3.05) is 13.7 Å². The molecule has 26 heavy (non-hydrogen) atoms. The SMILES string of the molecule is COC(=O)CCCNC(=O)c1cnn(-c2cccc(Cl)c2)c1C(F)(F)F. The smallest absolute Gasteiger partial charge is 0.434 e. The number of nitrogens with one attached hydrogen (secondary N) is 1. The van der Waals surface area contributed by atoms with Crippen LogP contribution in [0.4, 0.5) is 13.2 Å². The van der Waals surface area contributed by atoms with Gasteiger partial charge in [-0.05, 0) is 24.6 Å². The Morgan fingerprint density at radius 3 is 2.69 bits per heavy atom. The molecular formula is C16H15ClF3N3O3. The summed E-state index contributed by atoms with van der Waals surface area (Å²) in [5.74, 6) is -1.40. The zero-order valence-electron chi connectivity index (χ0n) is 13.6. The van der Waals surface area contributed by atoms with E-state index in [0.29, 0.717) is 4.68 Å². The number of methoxy groups -OCH3 is 1. The lowest BCUT2D eigenvalue weighted by Crippen LogP contribution is -2.27. The van der Waals surface area contributed by atoms with Crippen molar-refractivity contribution in [2.45, 2.75) is 19.0 Å². The molecular weight excluding hydrogens is 375 g/mol. The summed E-state index contributed by atoms with van der Waals surface area (Å²) in [6.45, 7) is 0.0214. The lowest BCUT2D eigenvalue weighted by molar-refractivity contribution is -0.143. The maximum atomic E-state index is 13.5. The molecule has 140 valence electrons. The zero-order valence-corrected chi connectivity index (χ0v) is 14.4. The van der Waals surface area contributed by atoms with Crippen molar-refractivity contribution in [1.82, 2.24) is 15.1 Å². The third kappa shape index (κ3) is 4.75. The summed E-state index contributed by atoms with van der Waals surface area (Å²) in [6.07, 6.45) is -3.68. The second kappa shape index (κ2) is 8.22. The van der Waals surface area contributed by atoms with Crippen molar-refractivity contribution < 1.29 is 27.5 Å². The second-order valence-corrected chi connectivity index (χ2v) is 5.67. The summed E-state index contributed by atoms with van der Waals surface area (Å²) >= 11 is 5.81. The molecule has 1 heterocycles. The molecule has 0 bridgehead atoms. The van der Waals surface area contributed by atoms with Crippen LogP contribution in [0.15, 0.2) is 30.5 Å². The molecule has 0 aliphatic carbocycles. The zero-order chi connectivity index (χ0) is 19.3. The topological polar surface area (TPSA) is 73.2 Å². The molecule has 2 rings (SSSR count). The first-order valence-corrected chi connectivity index (χ1v) is 7.88. The number of esters is 1. The highest BCUT2D eigenvalue weighted by atomic mass is 35.5. The Hall–Kier alpha value is -2.55. The molecule has 0 saturated heterocycles. The van der Waals surface area contributed by atoms with E-state index in [-0.39, 0.29) is 30.1 Å². The van der Waals surface area contributed by atoms with Gasteiger partial charge in [0.25, 0.3) is 5.91 Å². The molecule has 0 atom stereocenters. The van der Waals surface area contributed by atoms with Crippen LogP contribution in [0.1, 0.15) is 28.9 Å². The summed E-state index contributed by atoms with van der Waals surface area (Å²) < 4.78 is 45.5. The van der Waals surface area contributed by atoms with Gasteiger partial charge in [0.05, 0.1) is 24.6 Å². The number of ether oxygens (including phenoxy) is 1. The van der Waals surface area contributed by atoms with Gasteiger partial charge in [-0.3, -0.25) is 9.59 Å². The van der Waals surface area contributed by atoms with Crippen LogP contribution >= 0.6 is 11.6 Å². The largest absolute Gasteiger partial charge is 0.469 e. The van der Waals surface area contributed by atoms with Gasteiger partial charge in [0.15, 0.2) is 5.69 Å². The highest BCUT2D eigenvalue weighted by Crippen LogP contribution is 2.34. The van der Waals surface area contributed by atoms with E-state index < -0.39 is 29.3 Å². The number of aromatic nitrogens is 2. The number of benzene rings is 1. The summed E-state index contributed by atoms with van der Waals surface area (Å²) in [5, 5.41) is 6.26. The molecule has 1 aromatic carbocycles. The maximum absolute atomic E-state index is 13.5. The van der Waals surface area contributed by atoms with Gasteiger partial charge in [0.2, 0.25) is 0 Å². The number of rotatable bonds is 6. The van der Waals surface area contributed by atoms with Crippen LogP contribution in [-0.4, -0.2) is 35.3 Å². The standard InChI is InChI=1S/C16H15ClF3N3O3/c1-26-13(24)6-3-7-21-15(25)12-9-22-23(14(12)16(18,19)20)11-5-2-4-10(17)8-11/h2,4-5,8-9H,3,6-7H2,1H3,(H,21,25). The fourth-order valence-electron chi connectivity index (χ4n) is 2.22. The minimum atomic E-state index is -4.81. The third-order valence-corrected chi connectivity index (χ3v) is 3.64. The molecule has 0 aliphatic heterocycles. The number of carbonyl (C=O) groups is 2. The summed E-state index contributed by atoms with van der Waals surface area (Å²) in [7, 11) is 1.22. The van der Waals surface area contributed by atoms with Crippen molar-refractivity contribution in [3.63, 3.8) is 0 Å². The van der Waals surface area contributed by atoms with Gasteiger partial charge in [-0.2, -0.15) is 18.3 Å². The molecule has 2 aromatic rings. The first kappa shape index (κ1) is 19.8. The summed E-state index contributed by atoms with van der Waals surface area (Å²) in [6, 6.07) is 5.69. The van der Waals surface area contributed by atoms with Crippen molar-refractivity contribution in [2.24, 2.45) is 0 Å². The minimum absolute atomic E-state index is 0.0214. The van der Waals surface area contributed by atoms with Gasteiger partial charge in [0, 0.05) is 18.0 Å². The number of hydrogen-bond donors (Lipinski definition) is 1. The number of amides is 1. The molecule has 1 aromatic heterocycles. The van der Waals surface area contributed by atoms with E-state index >= 15 is 0 Å². The maximum Gasteiger partial charge on any atom is 0.434 e. The predicted molar refractivity (Wildman–Crippen MR) is 87.2 cm³/mol. The highest BCUT2D eigenvalue weighted by Gasteiger charge is 2.40. The molecule has 1 N–H and O–H groups in total. The summed E-state index contributed by atoms with van der Waals surface area (Å²) in [5.41, 5.74) is -1.74. The van der Waals surface area contributed by atoms with E-state index in [1.54, 1.807) is 0 Å². The molecule has 0 radical (unpaired) electrons. The van der Waals surface area contributed by atoms with E-state index in [4.69, 9.17) is 11.6 Å². The van der Waals surface area contributed by atoms with Crippen molar-refractivity contribution in [3.05, 3.63) is 46.7 Å². The molecule has 6 nitrogen and oxygen atoms in total. The fraction of sp³-hybridized carbons (Fsp3) is 0.312. The van der Waals surface area contributed by atoms with Gasteiger partial charge < -0.3 is 10.1 Å². The van der Waals surface area contributed by atoms with E-state index in [1.807, 2.05) is 0 Å². The van der Waals surface area contributed by atoms with Gasteiger partial charge in [-0.15, -0.1) is 0 Å². The van der Waals surface area contributed by atoms with Crippen molar-refractivity contribution in [1.29, 1.82) is 0 Å². The van der Waals surface area contributed by atoms with Crippen LogP contribution in [0.2, 0.25) is 5.02 Å². The van der Waals surface area contributed by atoms with Gasteiger partial charge >= 0.3 is 12.1 Å². The van der Waals surface area contributed by atoms with E-state index in [0.717, 1.165) is 6.20 Å². The van der Waals surface area contributed by atoms with Crippen LogP contribution in [0.25, 0.3) is 5.69 Å². The Morgan fingerprint density at radius 1 is 1.35 bits per heavy atom. The third-order valence-electron chi connectivity index (χ3n) is 3.41. The molecule has 10 heteroatoms. The second-order valence-electron chi connectivity index (χ2n) is 5.23. The predicted octanol–water partition coefficient (Wildman–Crippen LogP) is 3.23. The number of halogens is 4. The number of carbonyl (C=O) groups excluding carboxylic acids is 2. The molecule has 0 spiro atoms. The van der Waals surface area contributed by atoms with Crippen LogP contribution in [-0.2, 0) is 15.7 Å². The van der Waals surface area contributed by atoms with Crippen molar-refractivity contribution >= 4 is 23.5 Å². The minimum Gasteiger partial charge on any atom is -0.469 e. The number of nitrogens with zero attached hydrogens (tertiary/aromatic N) is 2. The average Bonchev–Trinajstić information content (AvgIpc) is 3.04. The molecule has 0 aliphatic rings. The van der Waals surface area contributed by atoms with E-state index in [2.05, 4.69) is 15.2 Å². The lowest BCUT2D eigenvalue weighted by atomic mass is 10.2. The number of hydrogen-bond acceptors (Lipinski definition) is 4. The van der Waals surface area contributed by atoms with Crippen LogP contribution in [0.5, 0.6) is 0 Å². The molecule has 0 unspecified atom stereocenters. The molecule has 0 saturated carbocycles. The lowest BCUT2D eigenvalue weighted by Gasteiger charge is -2.13. The van der Waals surface area contributed by atoms with Crippen LogP contribution in [0.3, 0.4) is 0 Å². The average molecular weight is 390 g/mol. The monoisotopic (exact) mass is 389 g/mol. The Kier molecular flexibility index (Phi) is 6.25.